The molecule has 2 aromatic rings. The van der Waals surface area contributed by atoms with Crippen LogP contribution in [-0.4, -0.2) is 53.6 Å². The van der Waals surface area contributed by atoms with Crippen molar-refractivity contribution in [3.05, 3.63) is 71.3 Å². The Labute approximate surface area is 223 Å². The van der Waals surface area contributed by atoms with Gasteiger partial charge in [-0.2, -0.15) is 13.2 Å². The largest absolute Gasteiger partial charge is 0.416 e. The van der Waals surface area contributed by atoms with Crippen LogP contribution in [0.5, 0.6) is 0 Å². The van der Waals surface area contributed by atoms with Crippen LogP contribution in [0, 0.1) is 0 Å². The van der Waals surface area contributed by atoms with Gasteiger partial charge in [0.05, 0.1) is 17.7 Å². The fourth-order valence-corrected chi connectivity index (χ4v) is 4.25. The predicted molar refractivity (Wildman–Crippen MR) is 142 cm³/mol. The van der Waals surface area contributed by atoms with Gasteiger partial charge in [-0.25, -0.2) is 0 Å². The maximum absolute atomic E-state index is 13.2. The van der Waals surface area contributed by atoms with Gasteiger partial charge in [0.25, 0.3) is 0 Å². The van der Waals surface area contributed by atoms with E-state index in [4.69, 9.17) is 0 Å². The van der Waals surface area contributed by atoms with E-state index in [0.29, 0.717) is 31.6 Å². The molecule has 2 amide bonds. The van der Waals surface area contributed by atoms with Crippen LogP contribution in [0.4, 0.5) is 13.2 Å². The molecule has 0 radical (unpaired) electrons. The molecule has 38 heavy (non-hydrogen) atoms. The van der Waals surface area contributed by atoms with E-state index < -0.39 is 23.9 Å². The van der Waals surface area contributed by atoms with E-state index in [2.05, 4.69) is 10.6 Å². The second kappa shape index (κ2) is 16.1. The summed E-state index contributed by atoms with van der Waals surface area (Å²) in [6.07, 6.45) is -3.09. The Morgan fingerprint density at radius 2 is 1.61 bits per heavy atom. The van der Waals surface area contributed by atoms with Gasteiger partial charge in [-0.05, 0) is 42.9 Å². The van der Waals surface area contributed by atoms with Crippen molar-refractivity contribution < 1.29 is 27.9 Å². The van der Waals surface area contributed by atoms with Crippen molar-refractivity contribution in [1.29, 1.82) is 0 Å². The average Bonchev–Trinajstić information content (AvgIpc) is 2.88. The van der Waals surface area contributed by atoms with Gasteiger partial charge in [-0.3, -0.25) is 9.59 Å². The first-order valence-electron chi connectivity index (χ1n) is 13.3. The van der Waals surface area contributed by atoms with E-state index in [1.807, 2.05) is 44.2 Å². The smallest absolute Gasteiger partial charge is 0.390 e. The van der Waals surface area contributed by atoms with Gasteiger partial charge in [0.2, 0.25) is 11.8 Å². The Kier molecular flexibility index (Phi) is 13.3. The lowest BCUT2D eigenvalue weighted by molar-refractivity contribution is -0.137. The van der Waals surface area contributed by atoms with Crippen LogP contribution in [0.15, 0.2) is 54.6 Å². The van der Waals surface area contributed by atoms with Gasteiger partial charge in [0, 0.05) is 39.0 Å². The molecule has 210 valence electrons. The number of benzene rings is 2. The van der Waals surface area contributed by atoms with Crippen molar-refractivity contribution in [3.8, 4) is 0 Å². The number of amides is 2. The summed E-state index contributed by atoms with van der Waals surface area (Å²) >= 11 is 0. The third kappa shape index (κ3) is 11.2. The maximum Gasteiger partial charge on any atom is 0.416 e. The summed E-state index contributed by atoms with van der Waals surface area (Å²) in [6, 6.07) is 13.7. The highest BCUT2D eigenvalue weighted by molar-refractivity contribution is 5.79. The highest BCUT2D eigenvalue weighted by Crippen LogP contribution is 2.29. The maximum atomic E-state index is 13.2. The van der Waals surface area contributed by atoms with Gasteiger partial charge in [-0.1, -0.05) is 62.4 Å². The number of rotatable bonds is 16. The molecule has 0 unspecified atom stereocenters. The first kappa shape index (κ1) is 31.3. The van der Waals surface area contributed by atoms with Crippen molar-refractivity contribution in [2.24, 2.45) is 0 Å². The topological polar surface area (TPSA) is 81.7 Å². The van der Waals surface area contributed by atoms with Crippen molar-refractivity contribution >= 4 is 11.8 Å². The molecule has 6 nitrogen and oxygen atoms in total. The molecule has 0 heterocycles. The van der Waals surface area contributed by atoms with Crippen LogP contribution >= 0.6 is 0 Å². The lowest BCUT2D eigenvalue weighted by Crippen LogP contribution is -2.48. The van der Waals surface area contributed by atoms with Crippen molar-refractivity contribution in [2.75, 3.05) is 19.6 Å². The van der Waals surface area contributed by atoms with E-state index in [9.17, 15) is 27.9 Å². The second-order valence-corrected chi connectivity index (χ2v) is 9.49. The molecular weight excluding hydrogens is 495 g/mol. The van der Waals surface area contributed by atoms with Crippen LogP contribution < -0.4 is 10.6 Å². The van der Waals surface area contributed by atoms with Crippen LogP contribution in [0.2, 0.25) is 0 Å². The van der Waals surface area contributed by atoms with E-state index in [0.717, 1.165) is 30.5 Å². The fourth-order valence-electron chi connectivity index (χ4n) is 4.25. The summed E-state index contributed by atoms with van der Waals surface area (Å²) in [5, 5.41) is 16.8. The van der Waals surface area contributed by atoms with Gasteiger partial charge < -0.3 is 20.6 Å². The van der Waals surface area contributed by atoms with Gasteiger partial charge >= 0.3 is 6.18 Å². The fraction of sp³-hybridized carbons (Fsp3) is 0.517. The van der Waals surface area contributed by atoms with E-state index in [1.54, 1.807) is 11.0 Å². The van der Waals surface area contributed by atoms with Crippen molar-refractivity contribution in [1.82, 2.24) is 15.5 Å². The molecule has 0 bridgehead atoms. The Morgan fingerprint density at radius 3 is 2.24 bits per heavy atom. The van der Waals surface area contributed by atoms with Crippen molar-refractivity contribution in [3.63, 3.8) is 0 Å². The number of halogens is 3. The van der Waals surface area contributed by atoms with E-state index >= 15 is 0 Å². The van der Waals surface area contributed by atoms with E-state index in [-0.39, 0.29) is 37.6 Å². The molecule has 2 aromatic carbocycles. The predicted octanol–water partition coefficient (Wildman–Crippen LogP) is 4.70. The van der Waals surface area contributed by atoms with Gasteiger partial charge in [-0.15, -0.1) is 0 Å². The highest BCUT2D eigenvalue weighted by Gasteiger charge is 2.31. The molecule has 3 N–H and O–H groups in total. The lowest BCUT2D eigenvalue weighted by Gasteiger charge is -2.25. The number of hydrogen-bond donors (Lipinski definition) is 3. The summed E-state index contributed by atoms with van der Waals surface area (Å²) in [6.45, 7) is 6.01. The second-order valence-electron chi connectivity index (χ2n) is 9.49. The minimum atomic E-state index is -4.49. The Hall–Kier alpha value is -2.91. The summed E-state index contributed by atoms with van der Waals surface area (Å²) in [5.74, 6) is -0.346. The molecule has 0 aromatic heterocycles. The molecule has 2 rings (SSSR count). The van der Waals surface area contributed by atoms with E-state index in [1.165, 1.54) is 6.07 Å². The number of aliphatic hydroxyl groups is 1. The molecule has 0 aliphatic carbocycles. The number of nitrogens with one attached hydrogen (secondary N) is 2. The molecule has 0 fully saturated rings. The van der Waals surface area contributed by atoms with Crippen LogP contribution in [0.1, 0.15) is 62.6 Å². The number of aliphatic hydroxyl groups excluding tert-OH is 1. The summed E-state index contributed by atoms with van der Waals surface area (Å²) in [4.78, 5) is 27.0. The Balaban J connectivity index is 2.00. The molecule has 2 atom stereocenters. The molecular formula is C29H40F3N3O3. The third-order valence-corrected chi connectivity index (χ3v) is 6.18. The normalized spacial score (nSPS) is 13.1. The minimum absolute atomic E-state index is 0.00663. The monoisotopic (exact) mass is 535 g/mol. The summed E-state index contributed by atoms with van der Waals surface area (Å²) in [5.41, 5.74) is 0.596. The van der Waals surface area contributed by atoms with Crippen LogP contribution in [0.25, 0.3) is 0 Å². The average molecular weight is 536 g/mol. The highest BCUT2D eigenvalue weighted by atomic mass is 19.4. The standard InChI is InChI=1S/C29H40F3N3O3/c1-3-16-35(17-4-2)28(38)15-9-14-27(37)34-25(19-23-12-8-13-24(18-23)29(30,31)32)26(36)21-33-20-22-10-6-5-7-11-22/h5-8,10-13,18,25-26,33,36H,3-4,9,14-17,19-21H2,1-2H3,(H,34,37)/t25-,26+/m0/s1. The van der Waals surface area contributed by atoms with Gasteiger partial charge in [0.1, 0.15) is 0 Å². The third-order valence-electron chi connectivity index (χ3n) is 6.18. The molecule has 0 saturated heterocycles. The summed E-state index contributed by atoms with van der Waals surface area (Å²) in [7, 11) is 0. The number of carbonyl (C=O) groups is 2. The van der Waals surface area contributed by atoms with Crippen LogP contribution in [0.3, 0.4) is 0 Å². The first-order valence-corrected chi connectivity index (χ1v) is 13.3. The Morgan fingerprint density at radius 1 is 0.947 bits per heavy atom. The SMILES string of the molecule is CCCN(CCC)C(=O)CCCC(=O)N[C@@H](Cc1cccc(C(F)(F)F)c1)[C@H](O)CNCc1ccccc1. The number of carbonyl (C=O) groups excluding carboxylic acids is 2. The van der Waals surface area contributed by atoms with Crippen LogP contribution in [-0.2, 0) is 28.7 Å². The number of alkyl halides is 3. The molecule has 0 spiro atoms. The zero-order chi connectivity index (χ0) is 28.0. The quantitative estimate of drug-likeness (QED) is 0.291. The number of hydrogen-bond acceptors (Lipinski definition) is 4. The summed E-state index contributed by atoms with van der Waals surface area (Å²) < 4.78 is 39.6. The molecule has 0 saturated carbocycles. The molecule has 0 aliphatic rings. The lowest BCUT2D eigenvalue weighted by atomic mass is 9.98. The zero-order valence-corrected chi connectivity index (χ0v) is 22.3. The molecule has 0 aliphatic heterocycles. The minimum Gasteiger partial charge on any atom is -0.390 e. The molecule has 9 heteroatoms. The Bertz CT molecular complexity index is 980. The first-order chi connectivity index (χ1) is 18.1. The van der Waals surface area contributed by atoms with Crippen molar-refractivity contribution in [2.45, 2.75) is 77.2 Å². The number of nitrogens with zero attached hydrogens (tertiary/aromatic N) is 1. The van der Waals surface area contributed by atoms with Gasteiger partial charge in [0.15, 0.2) is 0 Å². The zero-order valence-electron chi connectivity index (χ0n) is 22.3.